The van der Waals surface area contributed by atoms with Crippen LogP contribution in [0.1, 0.15) is 23.5 Å². The quantitative estimate of drug-likeness (QED) is 0.573. The fourth-order valence-corrected chi connectivity index (χ4v) is 3.61. The van der Waals surface area contributed by atoms with Gasteiger partial charge in [-0.15, -0.1) is 0 Å². The van der Waals surface area contributed by atoms with Crippen molar-refractivity contribution in [3.8, 4) is 11.1 Å². The van der Waals surface area contributed by atoms with Crippen molar-refractivity contribution in [2.45, 2.75) is 18.5 Å². The normalized spacial score (nSPS) is 13.6. The second-order valence-corrected chi connectivity index (χ2v) is 7.24. The molecule has 0 bridgehead atoms. The van der Waals surface area contributed by atoms with Crippen molar-refractivity contribution >= 4 is 18.0 Å². The van der Waals surface area contributed by atoms with E-state index in [4.69, 9.17) is 9.84 Å². The van der Waals surface area contributed by atoms with Gasteiger partial charge in [0, 0.05) is 19.0 Å². The Hall–Kier alpha value is -3.56. The van der Waals surface area contributed by atoms with Crippen molar-refractivity contribution in [1.29, 1.82) is 0 Å². The van der Waals surface area contributed by atoms with Crippen LogP contribution in [0.2, 0.25) is 0 Å². The van der Waals surface area contributed by atoms with Gasteiger partial charge in [0.1, 0.15) is 6.61 Å². The molecule has 0 aliphatic heterocycles. The molecule has 1 unspecified atom stereocenters. The standard InChI is InChI=1S/C22H21F3N2O5/c23-22(24,25)18(20(30)26-10-9-19(28)29)11-27-21(31)32-12-17-15-7-3-1-5-13(15)14-6-2-4-8-16(14)17/h1-8,17-18H,9-12H2,(H,26,30)(H,27,31)(H,28,29). The van der Waals surface area contributed by atoms with Crippen molar-refractivity contribution in [1.82, 2.24) is 10.6 Å². The van der Waals surface area contributed by atoms with Crippen LogP contribution >= 0.6 is 0 Å². The number of carboxylic acids is 1. The number of benzene rings is 2. The summed E-state index contributed by atoms with van der Waals surface area (Å²) in [5.74, 6) is -5.47. The molecular formula is C22H21F3N2O5. The molecule has 0 saturated heterocycles. The van der Waals surface area contributed by atoms with Gasteiger partial charge < -0.3 is 20.5 Å². The first-order valence-corrected chi connectivity index (χ1v) is 9.83. The largest absolute Gasteiger partial charge is 0.481 e. The number of rotatable bonds is 8. The molecule has 3 N–H and O–H groups in total. The third kappa shape index (κ3) is 5.37. The van der Waals surface area contributed by atoms with Crippen LogP contribution in [0.25, 0.3) is 11.1 Å². The molecule has 0 radical (unpaired) electrons. The van der Waals surface area contributed by atoms with E-state index in [1.807, 2.05) is 59.2 Å². The second kappa shape index (κ2) is 9.71. The van der Waals surface area contributed by atoms with Gasteiger partial charge in [-0.05, 0) is 22.3 Å². The average Bonchev–Trinajstić information content (AvgIpc) is 3.05. The van der Waals surface area contributed by atoms with E-state index in [2.05, 4.69) is 0 Å². The molecule has 10 heteroatoms. The Morgan fingerprint density at radius 3 is 2.06 bits per heavy atom. The molecule has 0 saturated carbocycles. The maximum atomic E-state index is 13.2. The smallest absolute Gasteiger partial charge is 0.407 e. The minimum Gasteiger partial charge on any atom is -0.481 e. The minimum atomic E-state index is -4.93. The molecule has 2 aromatic carbocycles. The third-order valence-electron chi connectivity index (χ3n) is 5.14. The maximum Gasteiger partial charge on any atom is 0.407 e. The molecule has 0 heterocycles. The van der Waals surface area contributed by atoms with Gasteiger partial charge in [0.2, 0.25) is 5.91 Å². The summed E-state index contributed by atoms with van der Waals surface area (Å²) < 4.78 is 44.8. The molecule has 0 fully saturated rings. The molecule has 1 atom stereocenters. The van der Waals surface area contributed by atoms with E-state index in [0.29, 0.717) is 0 Å². The summed E-state index contributed by atoms with van der Waals surface area (Å²) in [6.07, 6.45) is -6.53. The van der Waals surface area contributed by atoms with E-state index in [1.54, 1.807) is 0 Å². The molecule has 32 heavy (non-hydrogen) atoms. The highest BCUT2D eigenvalue weighted by molar-refractivity contribution is 5.81. The molecule has 0 spiro atoms. The summed E-state index contributed by atoms with van der Waals surface area (Å²) in [6.45, 7) is -1.56. The highest BCUT2D eigenvalue weighted by atomic mass is 19.4. The number of hydrogen-bond donors (Lipinski definition) is 3. The number of halogens is 3. The van der Waals surface area contributed by atoms with Gasteiger partial charge in [0.15, 0.2) is 5.92 Å². The fraction of sp³-hybridized carbons (Fsp3) is 0.318. The Morgan fingerprint density at radius 1 is 0.969 bits per heavy atom. The van der Waals surface area contributed by atoms with Crippen LogP contribution in [0.4, 0.5) is 18.0 Å². The number of carboxylic acid groups (broad SMARTS) is 1. The zero-order valence-corrected chi connectivity index (χ0v) is 16.8. The molecule has 1 aliphatic carbocycles. The van der Waals surface area contributed by atoms with Crippen LogP contribution in [0, 0.1) is 5.92 Å². The highest BCUT2D eigenvalue weighted by Crippen LogP contribution is 2.44. The topological polar surface area (TPSA) is 105 Å². The maximum absolute atomic E-state index is 13.2. The summed E-state index contributed by atoms with van der Waals surface area (Å²) in [5.41, 5.74) is 3.92. The Morgan fingerprint density at radius 2 is 1.53 bits per heavy atom. The molecule has 2 amide bonds. The van der Waals surface area contributed by atoms with Crippen LogP contribution in [0.15, 0.2) is 48.5 Å². The molecule has 1 aliphatic rings. The number of carbonyl (C=O) groups excluding carboxylic acids is 2. The number of amides is 2. The van der Waals surface area contributed by atoms with Crippen LogP contribution in [-0.4, -0.2) is 48.9 Å². The fourth-order valence-electron chi connectivity index (χ4n) is 3.61. The lowest BCUT2D eigenvalue weighted by molar-refractivity contribution is -0.181. The van der Waals surface area contributed by atoms with Crippen LogP contribution < -0.4 is 10.6 Å². The highest BCUT2D eigenvalue weighted by Gasteiger charge is 2.45. The van der Waals surface area contributed by atoms with Crippen molar-refractivity contribution in [3.63, 3.8) is 0 Å². The van der Waals surface area contributed by atoms with Crippen molar-refractivity contribution < 1.29 is 37.4 Å². The van der Waals surface area contributed by atoms with E-state index in [-0.39, 0.29) is 12.5 Å². The zero-order chi connectivity index (χ0) is 23.3. The van der Waals surface area contributed by atoms with E-state index in [0.717, 1.165) is 22.3 Å². The first-order chi connectivity index (χ1) is 15.2. The number of nitrogens with one attached hydrogen (secondary N) is 2. The van der Waals surface area contributed by atoms with Gasteiger partial charge in [0.25, 0.3) is 0 Å². The summed E-state index contributed by atoms with van der Waals surface area (Å²) in [5, 5.41) is 12.4. The summed E-state index contributed by atoms with van der Waals surface area (Å²) >= 11 is 0. The lowest BCUT2D eigenvalue weighted by atomic mass is 9.98. The van der Waals surface area contributed by atoms with Crippen molar-refractivity contribution in [2.75, 3.05) is 19.7 Å². The summed E-state index contributed by atoms with van der Waals surface area (Å²) in [6, 6.07) is 15.2. The van der Waals surface area contributed by atoms with Gasteiger partial charge in [0.05, 0.1) is 6.42 Å². The van der Waals surface area contributed by atoms with Crippen molar-refractivity contribution in [2.24, 2.45) is 5.92 Å². The third-order valence-corrected chi connectivity index (χ3v) is 5.14. The second-order valence-electron chi connectivity index (χ2n) is 7.24. The van der Waals surface area contributed by atoms with Crippen LogP contribution in [-0.2, 0) is 14.3 Å². The van der Waals surface area contributed by atoms with E-state index in [9.17, 15) is 27.6 Å². The number of hydrogen-bond acceptors (Lipinski definition) is 4. The number of aliphatic carboxylic acids is 1. The number of carbonyl (C=O) groups is 3. The molecule has 7 nitrogen and oxygen atoms in total. The predicted molar refractivity (Wildman–Crippen MR) is 108 cm³/mol. The number of ether oxygens (including phenoxy) is 1. The SMILES string of the molecule is O=C(O)CCNC(=O)C(CNC(=O)OCC1c2ccccc2-c2ccccc21)C(F)(F)F. The monoisotopic (exact) mass is 450 g/mol. The number of alkyl carbamates (subject to hydrolysis) is 1. The number of fused-ring (bicyclic) bond motifs is 3. The average molecular weight is 450 g/mol. The first kappa shape index (κ1) is 23.1. The Labute approximate surface area is 181 Å². The van der Waals surface area contributed by atoms with Gasteiger partial charge in [-0.3, -0.25) is 9.59 Å². The molecule has 0 aromatic heterocycles. The number of alkyl halides is 3. The zero-order valence-electron chi connectivity index (χ0n) is 16.8. The van der Waals surface area contributed by atoms with Gasteiger partial charge in [-0.25, -0.2) is 4.79 Å². The van der Waals surface area contributed by atoms with Gasteiger partial charge >= 0.3 is 18.2 Å². The van der Waals surface area contributed by atoms with Crippen LogP contribution in [0.5, 0.6) is 0 Å². The molecular weight excluding hydrogens is 429 g/mol. The summed E-state index contributed by atoms with van der Waals surface area (Å²) in [4.78, 5) is 34.3. The van der Waals surface area contributed by atoms with Crippen LogP contribution in [0.3, 0.4) is 0 Å². The Balaban J connectivity index is 1.58. The summed E-state index contributed by atoms with van der Waals surface area (Å²) in [7, 11) is 0. The Bertz CT molecular complexity index is 964. The lowest BCUT2D eigenvalue weighted by Crippen LogP contribution is -2.46. The van der Waals surface area contributed by atoms with E-state index >= 15 is 0 Å². The predicted octanol–water partition coefficient (Wildman–Crippen LogP) is 3.29. The van der Waals surface area contributed by atoms with Crippen molar-refractivity contribution in [3.05, 3.63) is 59.7 Å². The lowest BCUT2D eigenvalue weighted by Gasteiger charge is -2.20. The molecule has 3 rings (SSSR count). The van der Waals surface area contributed by atoms with E-state index in [1.165, 1.54) is 0 Å². The Kier molecular flexibility index (Phi) is 7.01. The first-order valence-electron chi connectivity index (χ1n) is 9.83. The molecule has 2 aromatic rings. The van der Waals surface area contributed by atoms with E-state index < -0.39 is 49.6 Å². The van der Waals surface area contributed by atoms with Gasteiger partial charge in [-0.2, -0.15) is 13.2 Å². The minimum absolute atomic E-state index is 0.0820. The van der Waals surface area contributed by atoms with Gasteiger partial charge in [-0.1, -0.05) is 48.5 Å². The molecule has 170 valence electrons.